The van der Waals surface area contributed by atoms with E-state index in [4.69, 9.17) is 10.7 Å². The Hall–Kier alpha value is -0.590. The topological polar surface area (TPSA) is 60.4 Å². The van der Waals surface area contributed by atoms with Gasteiger partial charge in [-0.2, -0.15) is 0 Å². The summed E-state index contributed by atoms with van der Waals surface area (Å²) >= 11 is 3.03. The molecule has 0 aliphatic rings. The van der Waals surface area contributed by atoms with Gasteiger partial charge in [-0.05, 0) is 28.1 Å². The number of benzene rings is 1. The zero-order valence-electron chi connectivity index (χ0n) is 6.61. The molecule has 1 aromatic carbocycles. The molecule has 0 aromatic heterocycles. The van der Waals surface area contributed by atoms with E-state index in [2.05, 4.69) is 20.7 Å². The Labute approximate surface area is 93.4 Å². The molecule has 1 aromatic rings. The van der Waals surface area contributed by atoms with Crippen molar-refractivity contribution in [3.05, 3.63) is 22.7 Å². The molecule has 0 aliphatic heterocycles. The third kappa shape index (κ3) is 2.46. The van der Waals surface area contributed by atoms with Gasteiger partial charge in [0.2, 0.25) is 0 Å². The van der Waals surface area contributed by atoms with Crippen LogP contribution in [0.1, 0.15) is 0 Å². The van der Waals surface area contributed by atoms with E-state index in [1.54, 1.807) is 0 Å². The largest absolute Gasteiger partial charge is 0.426 e. The Bertz CT molecular complexity index is 457. The lowest BCUT2D eigenvalue weighted by molar-refractivity contribution is -0.120. The molecular formula is C7H4BrClO4S. The van der Waals surface area contributed by atoms with E-state index < -0.39 is 9.05 Å². The summed E-state index contributed by atoms with van der Waals surface area (Å²) in [6.07, 6.45) is 0. The molecule has 7 heteroatoms. The molecule has 0 saturated carbocycles. The second kappa shape index (κ2) is 4.29. The van der Waals surface area contributed by atoms with Crippen LogP contribution in [0.4, 0.5) is 0 Å². The van der Waals surface area contributed by atoms with Gasteiger partial charge in [0, 0.05) is 10.7 Å². The summed E-state index contributed by atoms with van der Waals surface area (Å²) in [5, 5.41) is 0. The first kappa shape index (κ1) is 11.5. The van der Waals surface area contributed by atoms with Crippen molar-refractivity contribution >= 4 is 42.1 Å². The predicted octanol–water partition coefficient (Wildman–Crippen LogP) is 1.91. The van der Waals surface area contributed by atoms with Crippen molar-refractivity contribution in [1.82, 2.24) is 0 Å². The maximum absolute atomic E-state index is 11.0. The number of carbonyl (C=O) groups is 1. The maximum Gasteiger partial charge on any atom is 0.298 e. The lowest BCUT2D eigenvalue weighted by Crippen LogP contribution is -1.98. The smallest absolute Gasteiger partial charge is 0.298 e. The number of para-hydroxylation sites is 1. The van der Waals surface area contributed by atoms with Crippen LogP contribution in [0.2, 0.25) is 0 Å². The molecule has 0 amide bonds. The molecule has 0 aliphatic carbocycles. The molecule has 0 radical (unpaired) electrons. The Morgan fingerprint density at radius 2 is 2.07 bits per heavy atom. The minimum Gasteiger partial charge on any atom is -0.426 e. The molecule has 0 atom stereocenters. The Kier molecular flexibility index (Phi) is 3.52. The SMILES string of the molecule is O=COc1c(Br)cccc1S(=O)(=O)Cl. The highest BCUT2D eigenvalue weighted by Gasteiger charge is 2.18. The highest BCUT2D eigenvalue weighted by Crippen LogP contribution is 2.33. The Morgan fingerprint density at radius 1 is 1.43 bits per heavy atom. The minimum absolute atomic E-state index is 0.113. The van der Waals surface area contributed by atoms with Gasteiger partial charge in [0.05, 0.1) is 4.47 Å². The number of ether oxygens (including phenoxy) is 1. The van der Waals surface area contributed by atoms with Crippen LogP contribution in [0.15, 0.2) is 27.6 Å². The second-order valence-electron chi connectivity index (χ2n) is 2.22. The van der Waals surface area contributed by atoms with Gasteiger partial charge < -0.3 is 4.74 Å². The quantitative estimate of drug-likeness (QED) is 0.632. The van der Waals surface area contributed by atoms with E-state index in [1.807, 2.05) is 0 Å². The summed E-state index contributed by atoms with van der Waals surface area (Å²) in [6, 6.07) is 4.24. The molecule has 0 saturated heterocycles. The highest BCUT2D eigenvalue weighted by atomic mass is 79.9. The number of hydrogen-bond donors (Lipinski definition) is 0. The van der Waals surface area contributed by atoms with Gasteiger partial charge in [0.15, 0.2) is 5.75 Å². The number of carbonyl (C=O) groups excluding carboxylic acids is 1. The van der Waals surface area contributed by atoms with Gasteiger partial charge in [-0.3, -0.25) is 4.79 Å². The van der Waals surface area contributed by atoms with E-state index in [9.17, 15) is 13.2 Å². The van der Waals surface area contributed by atoms with Gasteiger partial charge in [-0.25, -0.2) is 8.42 Å². The van der Waals surface area contributed by atoms with Crippen molar-refractivity contribution < 1.29 is 17.9 Å². The Balaban J connectivity index is 3.43. The van der Waals surface area contributed by atoms with Crippen LogP contribution in [0.5, 0.6) is 5.75 Å². The Morgan fingerprint density at radius 3 is 2.57 bits per heavy atom. The van der Waals surface area contributed by atoms with Gasteiger partial charge in [0.25, 0.3) is 15.5 Å². The lowest BCUT2D eigenvalue weighted by Gasteiger charge is -2.05. The molecule has 0 heterocycles. The fourth-order valence-corrected chi connectivity index (χ4v) is 2.42. The molecule has 1 rings (SSSR count). The maximum atomic E-state index is 11.0. The van der Waals surface area contributed by atoms with Gasteiger partial charge >= 0.3 is 0 Å². The first-order valence-corrected chi connectivity index (χ1v) is 6.40. The van der Waals surface area contributed by atoms with Crippen LogP contribution in [0.3, 0.4) is 0 Å². The third-order valence-electron chi connectivity index (χ3n) is 1.36. The first-order chi connectivity index (χ1) is 6.46. The fourth-order valence-electron chi connectivity index (χ4n) is 0.844. The molecule has 0 N–H and O–H groups in total. The highest BCUT2D eigenvalue weighted by molar-refractivity contribution is 9.10. The zero-order chi connectivity index (χ0) is 10.8. The average Bonchev–Trinajstić information content (AvgIpc) is 2.07. The summed E-state index contributed by atoms with van der Waals surface area (Å²) in [6.45, 7) is 0.131. The molecule has 0 fully saturated rings. The first-order valence-electron chi connectivity index (χ1n) is 3.30. The van der Waals surface area contributed by atoms with Gasteiger partial charge in [0.1, 0.15) is 4.90 Å². The molecule has 0 unspecified atom stereocenters. The van der Waals surface area contributed by atoms with Crippen LogP contribution in [0.25, 0.3) is 0 Å². The standard InChI is InChI=1S/C7H4BrClO4S/c8-5-2-1-3-6(14(9,11)12)7(5)13-4-10/h1-4H. The van der Waals surface area contributed by atoms with Crippen molar-refractivity contribution in [3.63, 3.8) is 0 Å². The van der Waals surface area contributed by atoms with E-state index in [1.165, 1.54) is 18.2 Å². The van der Waals surface area contributed by atoms with Crippen molar-refractivity contribution in [2.24, 2.45) is 0 Å². The van der Waals surface area contributed by atoms with Gasteiger partial charge in [-0.15, -0.1) is 0 Å². The molecular weight excluding hydrogens is 295 g/mol. The monoisotopic (exact) mass is 298 g/mol. The minimum atomic E-state index is -3.92. The van der Waals surface area contributed by atoms with E-state index in [0.717, 1.165) is 0 Å². The number of hydrogen-bond acceptors (Lipinski definition) is 4. The second-order valence-corrected chi connectivity index (χ2v) is 5.61. The van der Waals surface area contributed by atoms with Crippen LogP contribution in [-0.4, -0.2) is 14.9 Å². The number of rotatable bonds is 3. The van der Waals surface area contributed by atoms with Crippen LogP contribution < -0.4 is 4.74 Å². The van der Waals surface area contributed by atoms with Gasteiger partial charge in [-0.1, -0.05) is 6.07 Å². The summed E-state index contributed by atoms with van der Waals surface area (Å²) < 4.78 is 26.9. The van der Waals surface area contributed by atoms with E-state index >= 15 is 0 Å². The lowest BCUT2D eigenvalue weighted by atomic mass is 10.3. The van der Waals surface area contributed by atoms with Crippen molar-refractivity contribution in [2.75, 3.05) is 0 Å². The van der Waals surface area contributed by atoms with Crippen molar-refractivity contribution in [3.8, 4) is 5.75 Å². The van der Waals surface area contributed by atoms with Crippen LogP contribution >= 0.6 is 26.6 Å². The van der Waals surface area contributed by atoms with Crippen molar-refractivity contribution in [1.29, 1.82) is 0 Å². The zero-order valence-corrected chi connectivity index (χ0v) is 9.76. The number of halogens is 2. The van der Waals surface area contributed by atoms with Crippen molar-refractivity contribution in [2.45, 2.75) is 4.90 Å². The van der Waals surface area contributed by atoms with Crippen LogP contribution in [0, 0.1) is 0 Å². The summed E-state index contributed by atoms with van der Waals surface area (Å²) in [7, 11) is 1.21. The van der Waals surface area contributed by atoms with Crippen LogP contribution in [-0.2, 0) is 13.8 Å². The fraction of sp³-hybridized carbons (Fsp3) is 0. The summed E-state index contributed by atoms with van der Waals surface area (Å²) in [4.78, 5) is 9.88. The van der Waals surface area contributed by atoms with E-state index in [0.29, 0.717) is 4.47 Å². The van der Waals surface area contributed by atoms with E-state index in [-0.39, 0.29) is 17.1 Å². The molecule has 76 valence electrons. The molecule has 0 spiro atoms. The third-order valence-corrected chi connectivity index (χ3v) is 3.33. The predicted molar refractivity (Wildman–Crippen MR) is 53.9 cm³/mol. The summed E-state index contributed by atoms with van der Waals surface area (Å²) in [5.41, 5.74) is 0. The molecule has 0 bridgehead atoms. The molecule has 14 heavy (non-hydrogen) atoms. The normalized spacial score (nSPS) is 11.0. The summed E-state index contributed by atoms with van der Waals surface area (Å²) in [5.74, 6) is -0.113. The molecule has 4 nitrogen and oxygen atoms in total. The average molecular weight is 300 g/mol.